The number of nitrogens with one attached hydrogen (secondary N) is 1. The van der Waals surface area contributed by atoms with Crippen molar-refractivity contribution in [3.63, 3.8) is 0 Å². The van der Waals surface area contributed by atoms with Crippen molar-refractivity contribution < 1.29 is 36.2 Å². The second-order valence-corrected chi connectivity index (χ2v) is 6.99. The van der Waals surface area contributed by atoms with Gasteiger partial charge in [-0.05, 0) is 42.8 Å². The molecule has 0 spiro atoms. The maximum atomic E-state index is 12.6. The minimum atomic E-state index is -4.95. The number of hydrogen-bond donors (Lipinski definition) is 2. The molecule has 27 heavy (non-hydrogen) atoms. The molecule has 0 bridgehead atoms. The first-order valence-electron chi connectivity index (χ1n) is 7.37. The Hall–Kier alpha value is -3.01. The van der Waals surface area contributed by atoms with Crippen LogP contribution in [-0.4, -0.2) is 25.9 Å². The molecule has 0 saturated carbocycles. The van der Waals surface area contributed by atoms with Crippen molar-refractivity contribution in [3.8, 4) is 5.75 Å². The molecule has 2 rings (SSSR count). The van der Waals surface area contributed by atoms with Gasteiger partial charge < -0.3 is 9.84 Å². The Morgan fingerprint density at radius 1 is 1.19 bits per heavy atom. The van der Waals surface area contributed by atoms with Crippen LogP contribution in [0.2, 0.25) is 0 Å². The van der Waals surface area contributed by atoms with E-state index in [1.165, 1.54) is 12.1 Å². The van der Waals surface area contributed by atoms with Crippen molar-refractivity contribution in [2.24, 2.45) is 0 Å². The van der Waals surface area contributed by atoms with Crippen LogP contribution in [0.5, 0.6) is 5.75 Å². The number of alkyl halides is 3. The lowest BCUT2D eigenvalue weighted by molar-refractivity contribution is -0.274. The monoisotopic (exact) mass is 401 g/mol. The first-order valence-corrected chi connectivity index (χ1v) is 8.85. The summed E-state index contributed by atoms with van der Waals surface area (Å²) in [5, 5.41) is 8.73. The lowest BCUT2D eigenvalue weighted by Crippen LogP contribution is -2.18. The zero-order valence-corrected chi connectivity index (χ0v) is 14.6. The molecule has 10 heteroatoms. The summed E-state index contributed by atoms with van der Waals surface area (Å²) in [6.45, 7) is 1.58. The Kier molecular flexibility index (Phi) is 5.79. The summed E-state index contributed by atoms with van der Waals surface area (Å²) in [7, 11) is -4.05. The summed E-state index contributed by atoms with van der Waals surface area (Å²) in [6, 6.07) is 8.97. The fourth-order valence-corrected chi connectivity index (χ4v) is 3.52. The minimum absolute atomic E-state index is 0.0196. The van der Waals surface area contributed by atoms with Gasteiger partial charge in [0, 0.05) is 11.6 Å². The van der Waals surface area contributed by atoms with Crippen molar-refractivity contribution in [1.82, 2.24) is 0 Å². The first kappa shape index (κ1) is 20.3. The maximum absolute atomic E-state index is 12.6. The van der Waals surface area contributed by atoms with Gasteiger partial charge in [0.1, 0.15) is 5.75 Å². The van der Waals surface area contributed by atoms with Crippen molar-refractivity contribution in [3.05, 3.63) is 59.7 Å². The molecule has 0 aliphatic rings. The lowest BCUT2D eigenvalue weighted by Gasteiger charge is -2.14. The highest BCUT2D eigenvalue weighted by atomic mass is 32.2. The first-order chi connectivity index (χ1) is 12.5. The summed E-state index contributed by atoms with van der Waals surface area (Å²) in [6.07, 6.45) is -3.32. The number of ether oxygens (including phenoxy) is 1. The molecular formula is C17H14F3NO5S. The van der Waals surface area contributed by atoms with E-state index in [4.69, 9.17) is 5.11 Å². The summed E-state index contributed by atoms with van der Waals surface area (Å²) in [4.78, 5) is 10.7. The number of aliphatic carboxylic acids is 1. The molecule has 0 fully saturated rings. The van der Waals surface area contributed by atoms with E-state index in [2.05, 4.69) is 9.46 Å². The molecule has 0 amide bonds. The highest BCUT2D eigenvalue weighted by molar-refractivity contribution is 7.92. The largest absolute Gasteiger partial charge is 0.573 e. The molecule has 0 heterocycles. The van der Waals surface area contributed by atoms with Crippen molar-refractivity contribution >= 4 is 27.8 Å². The van der Waals surface area contributed by atoms with E-state index in [-0.39, 0.29) is 16.1 Å². The Labute approximate surface area is 153 Å². The van der Waals surface area contributed by atoms with Gasteiger partial charge in [-0.3, -0.25) is 4.72 Å². The van der Waals surface area contributed by atoms with Gasteiger partial charge in [-0.1, -0.05) is 18.2 Å². The van der Waals surface area contributed by atoms with E-state index < -0.39 is 28.1 Å². The average Bonchev–Trinajstić information content (AvgIpc) is 2.53. The molecule has 6 nitrogen and oxygen atoms in total. The molecule has 2 N–H and O–H groups in total. The van der Waals surface area contributed by atoms with Gasteiger partial charge in [0.25, 0.3) is 10.0 Å². The number of carboxylic acids is 1. The van der Waals surface area contributed by atoms with Gasteiger partial charge in [-0.2, -0.15) is 0 Å². The van der Waals surface area contributed by atoms with Crippen LogP contribution in [0.1, 0.15) is 11.1 Å². The third-order valence-electron chi connectivity index (χ3n) is 3.29. The molecule has 0 aliphatic heterocycles. The Balaban J connectivity index is 2.46. The Bertz CT molecular complexity index is 984. The van der Waals surface area contributed by atoms with E-state index in [1.807, 2.05) is 0 Å². The lowest BCUT2D eigenvalue weighted by atomic mass is 10.1. The number of halogens is 3. The van der Waals surface area contributed by atoms with Crippen molar-refractivity contribution in [2.75, 3.05) is 4.72 Å². The molecular weight excluding hydrogens is 387 g/mol. The molecule has 0 aromatic heterocycles. The number of sulfonamides is 1. The zero-order valence-electron chi connectivity index (χ0n) is 13.8. The molecule has 0 atom stereocenters. The van der Waals surface area contributed by atoms with Gasteiger partial charge in [0.15, 0.2) is 0 Å². The zero-order chi connectivity index (χ0) is 20.2. The topological polar surface area (TPSA) is 92.7 Å². The van der Waals surface area contributed by atoms with Crippen molar-refractivity contribution in [2.45, 2.75) is 18.2 Å². The van der Waals surface area contributed by atoms with Gasteiger partial charge >= 0.3 is 12.3 Å². The minimum Gasteiger partial charge on any atom is -0.478 e. The number of aryl methyl sites for hydroxylation is 1. The quantitative estimate of drug-likeness (QED) is 0.719. The second kappa shape index (κ2) is 7.70. The van der Waals surface area contributed by atoms with Crippen LogP contribution in [0, 0.1) is 6.92 Å². The van der Waals surface area contributed by atoms with Gasteiger partial charge in [0.05, 0.1) is 10.6 Å². The predicted octanol–water partition coefficient (Wildman–Crippen LogP) is 3.79. The van der Waals surface area contributed by atoms with Crippen LogP contribution in [-0.2, 0) is 14.8 Å². The molecule has 0 aliphatic carbocycles. The van der Waals surface area contributed by atoms with Gasteiger partial charge in [-0.15, -0.1) is 13.2 Å². The summed E-state index contributed by atoms with van der Waals surface area (Å²) >= 11 is 0. The highest BCUT2D eigenvalue weighted by Gasteiger charge is 2.31. The Morgan fingerprint density at radius 2 is 1.85 bits per heavy atom. The number of rotatable bonds is 6. The van der Waals surface area contributed by atoms with E-state index in [0.29, 0.717) is 11.6 Å². The number of carboxylic acid groups (broad SMARTS) is 1. The standard InChI is InChI=1S/C17H14F3NO5S/c1-11-4-2-3-5-15(11)27(24,25)21-14-8-7-13(26-17(18,19)20)10-12(14)6-9-16(22)23/h2-10,21H,1H3,(H,22,23)/b9-6+. The Morgan fingerprint density at radius 3 is 2.44 bits per heavy atom. The van der Waals surface area contributed by atoms with Crippen LogP contribution in [0.4, 0.5) is 18.9 Å². The fraction of sp³-hybridized carbons (Fsp3) is 0.118. The van der Waals surface area contributed by atoms with Crippen LogP contribution < -0.4 is 9.46 Å². The molecule has 0 unspecified atom stereocenters. The third-order valence-corrected chi connectivity index (χ3v) is 4.82. The summed E-state index contributed by atoms with van der Waals surface area (Å²) in [5.74, 6) is -1.98. The van der Waals surface area contributed by atoms with Crippen LogP contribution in [0.15, 0.2) is 53.4 Å². The summed E-state index contributed by atoms with van der Waals surface area (Å²) < 4.78 is 68.3. The molecule has 2 aromatic rings. The van der Waals surface area contributed by atoms with Crippen LogP contribution >= 0.6 is 0 Å². The fourth-order valence-electron chi connectivity index (χ4n) is 2.19. The SMILES string of the molecule is Cc1ccccc1S(=O)(=O)Nc1ccc(OC(F)(F)F)cc1/C=C/C(=O)O. The normalized spacial score (nSPS) is 12.1. The molecule has 144 valence electrons. The average molecular weight is 401 g/mol. The van der Waals surface area contributed by atoms with Gasteiger partial charge in [0.2, 0.25) is 0 Å². The third kappa shape index (κ3) is 5.74. The summed E-state index contributed by atoms with van der Waals surface area (Å²) in [5.41, 5.74) is 0.242. The van der Waals surface area contributed by atoms with Gasteiger partial charge in [-0.25, -0.2) is 13.2 Å². The highest BCUT2D eigenvalue weighted by Crippen LogP contribution is 2.30. The smallest absolute Gasteiger partial charge is 0.478 e. The second-order valence-electron chi connectivity index (χ2n) is 5.34. The van der Waals surface area contributed by atoms with E-state index >= 15 is 0 Å². The predicted molar refractivity (Wildman–Crippen MR) is 91.8 cm³/mol. The van der Waals surface area contributed by atoms with Crippen LogP contribution in [0.25, 0.3) is 6.08 Å². The van der Waals surface area contributed by atoms with E-state index in [1.54, 1.807) is 19.1 Å². The van der Waals surface area contributed by atoms with Crippen molar-refractivity contribution in [1.29, 1.82) is 0 Å². The molecule has 2 aromatic carbocycles. The molecule has 0 saturated heterocycles. The number of benzene rings is 2. The number of hydrogen-bond acceptors (Lipinski definition) is 4. The molecule has 0 radical (unpaired) electrons. The number of anilines is 1. The van der Waals surface area contributed by atoms with Crippen LogP contribution in [0.3, 0.4) is 0 Å². The maximum Gasteiger partial charge on any atom is 0.573 e. The number of carbonyl (C=O) groups is 1. The van der Waals surface area contributed by atoms with E-state index in [0.717, 1.165) is 24.3 Å². The van der Waals surface area contributed by atoms with E-state index in [9.17, 15) is 26.4 Å².